The van der Waals surface area contributed by atoms with Gasteiger partial charge in [-0.25, -0.2) is 13.1 Å². The molecule has 2 aromatic heterocycles. The third kappa shape index (κ3) is 3.82. The summed E-state index contributed by atoms with van der Waals surface area (Å²) in [6.07, 6.45) is 3.68. The second-order valence-corrected chi connectivity index (χ2v) is 5.82. The van der Waals surface area contributed by atoms with Crippen LogP contribution < -0.4 is 10.0 Å². The molecular formula is C9H16N8O2S. The second-order valence-electron chi connectivity index (χ2n) is 4.05. The van der Waals surface area contributed by atoms with Gasteiger partial charge in [0.05, 0.1) is 12.7 Å². The van der Waals surface area contributed by atoms with Gasteiger partial charge in [0.1, 0.15) is 4.90 Å². The van der Waals surface area contributed by atoms with Crippen LogP contribution in [0.1, 0.15) is 12.2 Å². The number of aromatic nitrogens is 6. The Hall–Kier alpha value is -1.85. The summed E-state index contributed by atoms with van der Waals surface area (Å²) in [7, 11) is -1.75. The van der Waals surface area contributed by atoms with Gasteiger partial charge in [-0.2, -0.15) is 10.3 Å². The molecule has 0 aliphatic rings. The van der Waals surface area contributed by atoms with Crippen molar-refractivity contribution in [3.63, 3.8) is 0 Å². The van der Waals surface area contributed by atoms with Gasteiger partial charge in [0.15, 0.2) is 5.82 Å². The molecule has 2 aromatic rings. The first kappa shape index (κ1) is 14.6. The first-order chi connectivity index (χ1) is 9.62. The average molecular weight is 300 g/mol. The van der Waals surface area contributed by atoms with Crippen LogP contribution in [-0.4, -0.2) is 52.4 Å². The third-order valence-electron chi connectivity index (χ3n) is 2.54. The topological polar surface area (TPSA) is 130 Å². The molecule has 11 heteroatoms. The zero-order valence-corrected chi connectivity index (χ0v) is 11.8. The lowest BCUT2D eigenvalue weighted by molar-refractivity contribution is 0.559. The fourth-order valence-electron chi connectivity index (χ4n) is 1.52. The zero-order chi connectivity index (χ0) is 14.4. The van der Waals surface area contributed by atoms with Gasteiger partial charge < -0.3 is 5.32 Å². The number of nitrogens with one attached hydrogen (secondary N) is 3. The van der Waals surface area contributed by atoms with E-state index >= 15 is 0 Å². The van der Waals surface area contributed by atoms with Gasteiger partial charge in [0.2, 0.25) is 10.0 Å². The van der Waals surface area contributed by atoms with Crippen molar-refractivity contribution >= 4 is 10.0 Å². The third-order valence-corrected chi connectivity index (χ3v) is 3.90. The first-order valence-electron chi connectivity index (χ1n) is 6.01. The molecule has 110 valence electrons. The van der Waals surface area contributed by atoms with Gasteiger partial charge in [-0.05, 0) is 20.0 Å². The molecule has 10 nitrogen and oxygen atoms in total. The SMILES string of the molecule is CNCCCn1cc(S(=O)(=O)NCc2nn[nH]n2)cn1. The average Bonchev–Trinajstić information content (AvgIpc) is 3.08. The summed E-state index contributed by atoms with van der Waals surface area (Å²) in [6.45, 7) is 1.48. The Morgan fingerprint density at radius 1 is 1.45 bits per heavy atom. The van der Waals surface area contributed by atoms with Crippen molar-refractivity contribution in [3.05, 3.63) is 18.2 Å². The Kier molecular flexibility index (Phi) is 4.76. The number of nitrogens with zero attached hydrogens (tertiary/aromatic N) is 5. The highest BCUT2D eigenvalue weighted by atomic mass is 32.2. The van der Waals surface area contributed by atoms with E-state index in [-0.39, 0.29) is 17.3 Å². The molecule has 0 spiro atoms. The Labute approximate surface area is 116 Å². The van der Waals surface area contributed by atoms with Crippen LogP contribution in [0.5, 0.6) is 0 Å². The van der Waals surface area contributed by atoms with Crippen molar-refractivity contribution < 1.29 is 8.42 Å². The van der Waals surface area contributed by atoms with E-state index in [1.807, 2.05) is 7.05 Å². The molecule has 2 heterocycles. The molecule has 0 saturated heterocycles. The standard InChI is InChI=1S/C9H16N8O2S/c1-10-3-2-4-17-7-8(5-11-17)20(18,19)12-6-9-13-15-16-14-9/h5,7,10,12H,2-4,6H2,1H3,(H,13,14,15,16). The van der Waals surface area contributed by atoms with Crippen LogP contribution in [-0.2, 0) is 23.1 Å². The number of aryl methyl sites for hydroxylation is 1. The molecule has 0 aliphatic carbocycles. The molecule has 20 heavy (non-hydrogen) atoms. The van der Waals surface area contributed by atoms with Crippen molar-refractivity contribution in [1.29, 1.82) is 0 Å². The number of tetrazole rings is 1. The summed E-state index contributed by atoms with van der Waals surface area (Å²) < 4.78 is 28.0. The smallest absolute Gasteiger partial charge is 0.244 e. The van der Waals surface area contributed by atoms with Crippen LogP contribution in [0.2, 0.25) is 0 Å². The quantitative estimate of drug-likeness (QED) is 0.505. The van der Waals surface area contributed by atoms with E-state index in [0.29, 0.717) is 6.54 Å². The molecule has 2 rings (SSSR count). The minimum absolute atomic E-state index is 0.0240. The van der Waals surface area contributed by atoms with Gasteiger partial charge in [-0.15, -0.1) is 10.2 Å². The normalized spacial score (nSPS) is 11.8. The fourth-order valence-corrected chi connectivity index (χ4v) is 2.46. The second kappa shape index (κ2) is 6.54. The van der Waals surface area contributed by atoms with Crippen LogP contribution in [0.25, 0.3) is 0 Å². The molecule has 3 N–H and O–H groups in total. The molecule has 0 unspecified atom stereocenters. The minimum Gasteiger partial charge on any atom is -0.320 e. The molecular weight excluding hydrogens is 284 g/mol. The van der Waals surface area contributed by atoms with E-state index in [0.717, 1.165) is 13.0 Å². The number of sulfonamides is 1. The zero-order valence-electron chi connectivity index (χ0n) is 10.9. The van der Waals surface area contributed by atoms with E-state index in [1.54, 1.807) is 4.68 Å². The van der Waals surface area contributed by atoms with Crippen molar-refractivity contribution in [2.24, 2.45) is 0 Å². The summed E-state index contributed by atoms with van der Waals surface area (Å²) in [4.78, 5) is 0.116. The van der Waals surface area contributed by atoms with Crippen molar-refractivity contribution in [1.82, 2.24) is 40.4 Å². The van der Waals surface area contributed by atoms with Crippen LogP contribution >= 0.6 is 0 Å². The Bertz CT molecular complexity index is 620. The van der Waals surface area contributed by atoms with E-state index in [1.165, 1.54) is 12.4 Å². The molecule has 0 aliphatic heterocycles. The Balaban J connectivity index is 1.95. The molecule has 0 aromatic carbocycles. The van der Waals surface area contributed by atoms with Gasteiger partial charge in [-0.1, -0.05) is 5.21 Å². The van der Waals surface area contributed by atoms with Crippen LogP contribution in [0.15, 0.2) is 17.3 Å². The molecule has 0 saturated carbocycles. The van der Waals surface area contributed by atoms with Crippen LogP contribution in [0.4, 0.5) is 0 Å². The van der Waals surface area contributed by atoms with Gasteiger partial charge in [0, 0.05) is 12.7 Å². The molecule has 0 fully saturated rings. The molecule has 0 amide bonds. The summed E-state index contributed by atoms with van der Waals surface area (Å²) >= 11 is 0. The van der Waals surface area contributed by atoms with E-state index in [2.05, 4.69) is 35.8 Å². The maximum atomic E-state index is 12.0. The predicted molar refractivity (Wildman–Crippen MR) is 69.0 cm³/mol. The predicted octanol–water partition coefficient (Wildman–Crippen LogP) is -1.52. The Morgan fingerprint density at radius 2 is 2.30 bits per heavy atom. The van der Waals surface area contributed by atoms with E-state index in [4.69, 9.17) is 0 Å². The fraction of sp³-hybridized carbons (Fsp3) is 0.556. The number of rotatable bonds is 8. The molecule has 0 atom stereocenters. The maximum absolute atomic E-state index is 12.0. The Morgan fingerprint density at radius 3 is 3.00 bits per heavy atom. The number of hydrogen-bond acceptors (Lipinski definition) is 7. The van der Waals surface area contributed by atoms with Gasteiger partial charge in [-0.3, -0.25) is 4.68 Å². The van der Waals surface area contributed by atoms with Crippen molar-refractivity contribution in [2.75, 3.05) is 13.6 Å². The lowest BCUT2D eigenvalue weighted by Crippen LogP contribution is -2.23. The number of H-pyrrole nitrogens is 1. The van der Waals surface area contributed by atoms with Crippen LogP contribution in [0.3, 0.4) is 0 Å². The first-order valence-corrected chi connectivity index (χ1v) is 7.49. The summed E-state index contributed by atoms with van der Waals surface area (Å²) in [5.74, 6) is 0.273. The van der Waals surface area contributed by atoms with E-state index < -0.39 is 10.0 Å². The lowest BCUT2D eigenvalue weighted by atomic mass is 10.4. The summed E-state index contributed by atoms with van der Waals surface area (Å²) in [6, 6.07) is 0. The van der Waals surface area contributed by atoms with Crippen molar-refractivity contribution in [2.45, 2.75) is 24.4 Å². The van der Waals surface area contributed by atoms with Gasteiger partial charge in [0.25, 0.3) is 0 Å². The minimum atomic E-state index is -3.62. The summed E-state index contributed by atoms with van der Waals surface area (Å²) in [5.41, 5.74) is 0. The van der Waals surface area contributed by atoms with E-state index in [9.17, 15) is 8.42 Å². The highest BCUT2D eigenvalue weighted by molar-refractivity contribution is 7.89. The molecule has 0 bridgehead atoms. The monoisotopic (exact) mass is 300 g/mol. The molecule has 0 radical (unpaired) electrons. The highest BCUT2D eigenvalue weighted by Crippen LogP contribution is 2.07. The number of hydrogen-bond donors (Lipinski definition) is 3. The maximum Gasteiger partial charge on any atom is 0.244 e. The van der Waals surface area contributed by atoms with Crippen molar-refractivity contribution in [3.8, 4) is 0 Å². The number of aromatic amines is 1. The summed E-state index contributed by atoms with van der Waals surface area (Å²) in [5, 5.41) is 20.0. The highest BCUT2D eigenvalue weighted by Gasteiger charge is 2.17. The largest absolute Gasteiger partial charge is 0.320 e. The van der Waals surface area contributed by atoms with Crippen LogP contribution in [0, 0.1) is 0 Å². The lowest BCUT2D eigenvalue weighted by Gasteiger charge is -2.02. The van der Waals surface area contributed by atoms with Gasteiger partial charge >= 0.3 is 0 Å².